The Morgan fingerprint density at radius 3 is 1.96 bits per heavy atom. The smallest absolute Gasteiger partial charge is 0.307 e. The lowest BCUT2D eigenvalue weighted by Crippen LogP contribution is -2.54. The Morgan fingerprint density at radius 2 is 1.33 bits per heavy atom. The molecule has 2 bridgehead atoms. The second-order valence-electron chi connectivity index (χ2n) is 14.1. The van der Waals surface area contributed by atoms with Crippen LogP contribution in [0.1, 0.15) is 42.4 Å². The van der Waals surface area contributed by atoms with Gasteiger partial charge in [-0.2, -0.15) is 0 Å². The summed E-state index contributed by atoms with van der Waals surface area (Å²) in [6, 6.07) is 30.7. The maximum atomic E-state index is 14.3. The van der Waals surface area contributed by atoms with Crippen molar-refractivity contribution in [1.29, 1.82) is 0 Å². The van der Waals surface area contributed by atoms with Crippen LogP contribution in [0.2, 0.25) is 0 Å². The fraction of sp³-hybridized carbons (Fsp3) is 0.326. The Bertz CT molecular complexity index is 2050. The molecule has 4 aromatic carbocycles. The van der Waals surface area contributed by atoms with E-state index in [0.29, 0.717) is 23.3 Å². The van der Waals surface area contributed by atoms with Crippen molar-refractivity contribution in [2.45, 2.75) is 57.0 Å². The molecule has 0 unspecified atom stereocenters. The van der Waals surface area contributed by atoms with Crippen molar-refractivity contribution in [3.8, 4) is 16.9 Å². The molecule has 2 aliphatic rings. The largest absolute Gasteiger partial charge is 0.486 e. The van der Waals surface area contributed by atoms with Gasteiger partial charge in [0, 0.05) is 31.4 Å². The summed E-state index contributed by atoms with van der Waals surface area (Å²) < 4.78 is 30.0. The minimum absolute atomic E-state index is 0.00776. The summed E-state index contributed by atoms with van der Waals surface area (Å²) in [4.78, 5) is 67.8. The molecule has 2 aliphatic heterocycles. The number of amides is 2. The van der Waals surface area contributed by atoms with E-state index in [9.17, 15) is 37.5 Å². The first-order valence-electron chi connectivity index (χ1n) is 18.3. The van der Waals surface area contributed by atoms with Crippen LogP contribution < -0.4 is 15.4 Å². The summed E-state index contributed by atoms with van der Waals surface area (Å²) in [5.41, 5.74) is 4.17. The number of carbonyl (C=O) groups excluding carboxylic acids is 4. The highest BCUT2D eigenvalue weighted by molar-refractivity contribution is 7.90. The Labute approximate surface area is 321 Å². The molecular formula is C43H46N2O9S. The number of nitrogens with one attached hydrogen (secondary N) is 2. The van der Waals surface area contributed by atoms with Crippen molar-refractivity contribution in [1.82, 2.24) is 10.6 Å². The van der Waals surface area contributed by atoms with Crippen LogP contribution in [-0.2, 0) is 53.1 Å². The van der Waals surface area contributed by atoms with Gasteiger partial charge in [0.05, 0.1) is 17.7 Å². The number of ether oxygens (including phenoxy) is 1. The molecule has 0 fully saturated rings. The molecular weight excluding hydrogens is 721 g/mol. The number of ketones is 2. The number of benzene rings is 4. The van der Waals surface area contributed by atoms with Crippen LogP contribution in [0.25, 0.3) is 11.1 Å². The number of sulfone groups is 1. The summed E-state index contributed by atoms with van der Waals surface area (Å²) in [7, 11) is -3.51. The summed E-state index contributed by atoms with van der Waals surface area (Å²) in [5.74, 6) is -5.67. The molecule has 0 aromatic heterocycles. The molecule has 4 atom stereocenters. The van der Waals surface area contributed by atoms with Crippen LogP contribution in [0.5, 0.6) is 5.75 Å². The van der Waals surface area contributed by atoms with Gasteiger partial charge in [0.1, 0.15) is 28.2 Å². The molecule has 288 valence electrons. The van der Waals surface area contributed by atoms with Crippen LogP contribution in [0.4, 0.5) is 0 Å². The molecule has 0 radical (unpaired) electrons. The fourth-order valence-electron chi connectivity index (χ4n) is 6.56. The minimum Gasteiger partial charge on any atom is -0.486 e. The van der Waals surface area contributed by atoms with Gasteiger partial charge >= 0.3 is 5.97 Å². The van der Waals surface area contributed by atoms with E-state index >= 15 is 0 Å². The van der Waals surface area contributed by atoms with Gasteiger partial charge in [-0.15, -0.1) is 0 Å². The monoisotopic (exact) mass is 766 g/mol. The van der Waals surface area contributed by atoms with Gasteiger partial charge in [0.15, 0.2) is 11.6 Å². The number of hydrogen-bond acceptors (Lipinski definition) is 8. The van der Waals surface area contributed by atoms with Crippen LogP contribution in [0.15, 0.2) is 109 Å². The van der Waals surface area contributed by atoms with Crippen molar-refractivity contribution in [2.75, 3.05) is 18.6 Å². The molecule has 2 amide bonds. The second kappa shape index (κ2) is 19.1. The zero-order chi connectivity index (χ0) is 39.4. The van der Waals surface area contributed by atoms with Crippen LogP contribution >= 0.6 is 0 Å². The van der Waals surface area contributed by atoms with Gasteiger partial charge < -0.3 is 20.5 Å². The highest BCUT2D eigenvalue weighted by Gasteiger charge is 2.32. The Morgan fingerprint density at radius 1 is 0.709 bits per heavy atom. The number of carboxylic acids is 1. The lowest BCUT2D eigenvalue weighted by atomic mass is 9.90. The number of aryl methyl sites for hydroxylation is 1. The molecule has 0 saturated heterocycles. The first-order chi connectivity index (χ1) is 26.3. The summed E-state index contributed by atoms with van der Waals surface area (Å²) in [5, 5.41) is 15.7. The van der Waals surface area contributed by atoms with Gasteiger partial charge in [-0.05, 0) is 65.6 Å². The lowest BCUT2D eigenvalue weighted by Gasteiger charge is -2.26. The van der Waals surface area contributed by atoms with E-state index in [0.717, 1.165) is 22.9 Å². The van der Waals surface area contributed by atoms with Crippen molar-refractivity contribution in [3.05, 3.63) is 126 Å². The van der Waals surface area contributed by atoms with Gasteiger partial charge in [0.2, 0.25) is 11.8 Å². The zero-order valence-corrected chi connectivity index (χ0v) is 31.5. The number of rotatable bonds is 10. The summed E-state index contributed by atoms with van der Waals surface area (Å²) in [6.45, 7) is -0.394. The molecule has 2 heterocycles. The molecule has 12 heteroatoms. The van der Waals surface area contributed by atoms with E-state index in [4.69, 9.17) is 4.74 Å². The third-order valence-electron chi connectivity index (χ3n) is 9.69. The average Bonchev–Trinajstić information content (AvgIpc) is 3.17. The van der Waals surface area contributed by atoms with Crippen molar-refractivity contribution < 1.29 is 42.2 Å². The predicted molar refractivity (Wildman–Crippen MR) is 208 cm³/mol. The number of fused-ring (bicyclic) bond motifs is 16. The van der Waals surface area contributed by atoms with Crippen molar-refractivity contribution in [3.63, 3.8) is 0 Å². The molecule has 55 heavy (non-hydrogen) atoms. The maximum Gasteiger partial charge on any atom is 0.307 e. The number of aliphatic carboxylic acids is 1. The third kappa shape index (κ3) is 12.7. The highest BCUT2D eigenvalue weighted by Crippen LogP contribution is 2.22. The molecule has 0 saturated carbocycles. The molecule has 0 spiro atoms. The number of Topliss-reactive ketones (excluding diaryl/α,β-unsaturated/α-hetero) is 2. The van der Waals surface area contributed by atoms with E-state index in [1.54, 1.807) is 24.3 Å². The Balaban J connectivity index is 1.49. The first kappa shape index (κ1) is 40.6. The fourth-order valence-corrected chi connectivity index (χ4v) is 7.27. The van der Waals surface area contributed by atoms with E-state index in [2.05, 4.69) is 10.6 Å². The topological polar surface area (TPSA) is 173 Å². The standard InChI is InChI=1S/C43H46N2O9S/c1-55(52,53)23-22-34-26-36(46)28-54-37-19-14-30(15-20-37)24-35(43(50)51)27-40(47)38(21-16-29-8-4-2-5-9-29)44-42(49)39(45-41(34)48)25-31-12-17-33(18-13-31)32-10-6-3-7-11-32/h2-15,17-20,34-35,38-39H,16,21-28H2,1H3,(H,44,49)(H,45,48)(H,50,51)/t34-,35-,38+,39-/m1/s1. The maximum absolute atomic E-state index is 14.3. The van der Waals surface area contributed by atoms with E-state index in [1.807, 2.05) is 84.9 Å². The van der Waals surface area contributed by atoms with E-state index < -0.39 is 69.7 Å². The molecule has 11 nitrogen and oxygen atoms in total. The summed E-state index contributed by atoms with van der Waals surface area (Å²) in [6.07, 6.45) is 0.813. The Hall–Kier alpha value is -5.62. The predicted octanol–water partition coefficient (Wildman–Crippen LogP) is 4.80. The first-order valence-corrected chi connectivity index (χ1v) is 20.3. The normalized spacial score (nSPS) is 20.3. The van der Waals surface area contributed by atoms with E-state index in [1.165, 1.54) is 0 Å². The molecule has 0 aliphatic carbocycles. The summed E-state index contributed by atoms with van der Waals surface area (Å²) >= 11 is 0. The Kier molecular flexibility index (Phi) is 14.1. The quantitative estimate of drug-likeness (QED) is 0.205. The van der Waals surface area contributed by atoms with Gasteiger partial charge in [-0.1, -0.05) is 97.1 Å². The number of hydrogen-bond donors (Lipinski definition) is 3. The number of carboxylic acid groups (broad SMARTS) is 1. The van der Waals surface area contributed by atoms with Gasteiger partial charge in [-0.25, -0.2) is 8.42 Å². The zero-order valence-electron chi connectivity index (χ0n) is 30.7. The van der Waals surface area contributed by atoms with Crippen LogP contribution in [0, 0.1) is 11.8 Å². The minimum atomic E-state index is -3.51. The average molecular weight is 767 g/mol. The second-order valence-corrected chi connectivity index (χ2v) is 16.4. The van der Waals surface area contributed by atoms with Gasteiger partial charge in [0.25, 0.3) is 0 Å². The molecule has 3 N–H and O–H groups in total. The number of carbonyl (C=O) groups is 5. The van der Waals surface area contributed by atoms with Crippen molar-refractivity contribution in [2.24, 2.45) is 11.8 Å². The third-order valence-corrected chi connectivity index (χ3v) is 10.7. The molecule has 6 rings (SSSR count). The van der Waals surface area contributed by atoms with E-state index in [-0.39, 0.29) is 44.3 Å². The van der Waals surface area contributed by atoms with Crippen LogP contribution in [0.3, 0.4) is 0 Å². The van der Waals surface area contributed by atoms with Crippen molar-refractivity contribution >= 4 is 39.2 Å². The van der Waals surface area contributed by atoms with Gasteiger partial charge in [-0.3, -0.25) is 24.0 Å². The van der Waals surface area contributed by atoms with Crippen LogP contribution in [-0.4, -0.2) is 73.6 Å². The lowest BCUT2D eigenvalue weighted by molar-refractivity contribution is -0.144. The highest BCUT2D eigenvalue weighted by atomic mass is 32.2. The SMILES string of the molecule is CS(=O)(=O)CC[C@@H]1CC(=O)COc2ccc(cc2)C[C@@H](C(=O)O)CC(=O)[C@H](CCc2ccccc2)NC(=O)[C@@H](Cc2ccc(-c3ccccc3)cc2)NC1=O. The molecule has 4 aromatic rings.